The van der Waals surface area contributed by atoms with E-state index in [1.54, 1.807) is 0 Å². The molecule has 0 fully saturated rings. The smallest absolute Gasteiger partial charge is 0.370 e. The number of hydrogen-bond acceptors (Lipinski definition) is 3. The molecule has 0 spiro atoms. The first-order valence-corrected chi connectivity index (χ1v) is 4.36. The second kappa shape index (κ2) is 4.97. The fraction of sp³-hybridized carbons (Fsp3) is 0.286. The van der Waals surface area contributed by atoms with Crippen LogP contribution in [0, 0.1) is 0 Å². The fourth-order valence-electron chi connectivity index (χ4n) is 0.748. The van der Waals surface area contributed by atoms with Crippen molar-refractivity contribution >= 4 is 23.4 Å². The van der Waals surface area contributed by atoms with E-state index in [0.29, 0.717) is 0 Å². The molecule has 1 aromatic rings. The van der Waals surface area contributed by atoms with Gasteiger partial charge in [-0.2, -0.15) is 13.2 Å². The van der Waals surface area contributed by atoms with Crippen LogP contribution in [0.5, 0.6) is 0 Å². The highest BCUT2D eigenvalue weighted by molar-refractivity contribution is 6.29. The zero-order valence-corrected chi connectivity index (χ0v) is 8.55. The van der Waals surface area contributed by atoms with Gasteiger partial charge in [-0.05, 0) is 0 Å². The maximum atomic E-state index is 11.8. The van der Waals surface area contributed by atoms with E-state index in [1.807, 2.05) is 0 Å². The fourth-order valence-corrected chi connectivity index (χ4v) is 0.895. The molecule has 0 aromatic carbocycles. The molecule has 0 atom stereocenters. The second-order valence-corrected chi connectivity index (χ2v) is 3.06. The molecule has 1 rings (SSSR count). The van der Waals surface area contributed by atoms with Gasteiger partial charge in [-0.3, -0.25) is 4.98 Å². The Kier molecular flexibility index (Phi) is 3.88. The van der Waals surface area contributed by atoms with E-state index < -0.39 is 18.7 Å². The van der Waals surface area contributed by atoms with Crippen LogP contribution in [0.3, 0.4) is 0 Å². The van der Waals surface area contributed by atoms with Gasteiger partial charge in [0, 0.05) is 0 Å². The van der Waals surface area contributed by atoms with E-state index in [1.165, 1.54) is 12.4 Å². The molecule has 0 radical (unpaired) electrons. The van der Waals surface area contributed by atoms with Crippen molar-refractivity contribution in [2.24, 2.45) is 10.7 Å². The Labute approximate surface area is 93.6 Å². The number of aliphatic imine (C=N–C) groups is 1. The summed E-state index contributed by atoms with van der Waals surface area (Å²) in [5.41, 5.74) is 5.19. The van der Waals surface area contributed by atoms with Gasteiger partial charge in [0.25, 0.3) is 0 Å². The first-order chi connectivity index (χ1) is 7.37. The van der Waals surface area contributed by atoms with Crippen LogP contribution in [0.15, 0.2) is 17.4 Å². The van der Waals surface area contributed by atoms with Crippen molar-refractivity contribution in [1.29, 1.82) is 0 Å². The standard InChI is InChI=1S/C7H7ClF3N5/c8-4-1-13-2-5(15-4)16-6(12)14-3-7(9,10)11/h1-2H,3H2,(H3,12,14,15,16). The van der Waals surface area contributed by atoms with Crippen LogP contribution in [0.25, 0.3) is 0 Å². The Balaban J connectivity index is 2.61. The normalized spacial score (nSPS) is 12.6. The van der Waals surface area contributed by atoms with Gasteiger partial charge in [-0.25, -0.2) is 9.98 Å². The van der Waals surface area contributed by atoms with Crippen molar-refractivity contribution < 1.29 is 13.2 Å². The van der Waals surface area contributed by atoms with Crippen molar-refractivity contribution in [1.82, 2.24) is 9.97 Å². The quantitative estimate of drug-likeness (QED) is 0.617. The van der Waals surface area contributed by atoms with Crippen LogP contribution in [0.1, 0.15) is 0 Å². The van der Waals surface area contributed by atoms with Crippen LogP contribution in [-0.2, 0) is 0 Å². The summed E-state index contributed by atoms with van der Waals surface area (Å²) in [6.45, 7) is -1.36. The molecule has 0 unspecified atom stereocenters. The van der Waals surface area contributed by atoms with Crippen LogP contribution < -0.4 is 11.1 Å². The highest BCUT2D eigenvalue weighted by Gasteiger charge is 2.26. The lowest BCUT2D eigenvalue weighted by molar-refractivity contribution is -0.118. The molecule has 0 saturated heterocycles. The van der Waals surface area contributed by atoms with E-state index in [9.17, 15) is 13.2 Å². The van der Waals surface area contributed by atoms with Gasteiger partial charge in [-0.15, -0.1) is 0 Å². The molecule has 0 bridgehead atoms. The number of anilines is 1. The van der Waals surface area contributed by atoms with Crippen molar-refractivity contribution in [3.8, 4) is 0 Å². The predicted octanol–water partition coefficient (Wildman–Crippen LogP) is 1.42. The molecular formula is C7H7ClF3N5. The first kappa shape index (κ1) is 12.5. The Morgan fingerprint density at radius 2 is 2.19 bits per heavy atom. The number of nitrogens with two attached hydrogens (primary N) is 1. The summed E-state index contributed by atoms with van der Waals surface area (Å²) in [6.07, 6.45) is -1.87. The Bertz CT molecular complexity index is 392. The SMILES string of the molecule is NC(=NCC(F)(F)F)Nc1cncc(Cl)n1. The minimum Gasteiger partial charge on any atom is -0.370 e. The third kappa shape index (κ3) is 4.78. The zero-order valence-electron chi connectivity index (χ0n) is 7.79. The molecule has 88 valence electrons. The van der Waals surface area contributed by atoms with Crippen molar-refractivity contribution in [3.63, 3.8) is 0 Å². The molecule has 9 heteroatoms. The lowest BCUT2D eigenvalue weighted by atomic mass is 10.6. The molecule has 3 N–H and O–H groups in total. The van der Waals surface area contributed by atoms with Gasteiger partial charge >= 0.3 is 6.18 Å². The summed E-state index contributed by atoms with van der Waals surface area (Å²) in [4.78, 5) is 10.4. The molecule has 16 heavy (non-hydrogen) atoms. The van der Waals surface area contributed by atoms with Gasteiger partial charge < -0.3 is 11.1 Å². The first-order valence-electron chi connectivity index (χ1n) is 3.98. The number of aromatic nitrogens is 2. The number of guanidine groups is 1. The molecule has 0 aliphatic rings. The lowest BCUT2D eigenvalue weighted by Gasteiger charge is -2.05. The molecule has 1 heterocycles. The third-order valence-electron chi connectivity index (χ3n) is 1.29. The van der Waals surface area contributed by atoms with Crippen LogP contribution >= 0.6 is 11.6 Å². The summed E-state index contributed by atoms with van der Waals surface area (Å²) in [5.74, 6) is -0.287. The van der Waals surface area contributed by atoms with Gasteiger partial charge in [0.05, 0.1) is 12.4 Å². The summed E-state index contributed by atoms with van der Waals surface area (Å²) in [6, 6.07) is 0. The molecule has 5 nitrogen and oxygen atoms in total. The van der Waals surface area contributed by atoms with Crippen molar-refractivity contribution in [2.75, 3.05) is 11.9 Å². The minimum atomic E-state index is -4.40. The van der Waals surface area contributed by atoms with Crippen LogP contribution in [0.2, 0.25) is 5.15 Å². The number of alkyl halides is 3. The molecular weight excluding hydrogens is 247 g/mol. The van der Waals surface area contributed by atoms with E-state index in [-0.39, 0.29) is 11.0 Å². The average molecular weight is 254 g/mol. The Morgan fingerprint density at radius 1 is 1.50 bits per heavy atom. The summed E-state index contributed by atoms with van der Waals surface area (Å²) < 4.78 is 35.3. The Morgan fingerprint density at radius 3 is 2.75 bits per heavy atom. The summed E-state index contributed by atoms with van der Waals surface area (Å²) in [5, 5.41) is 2.42. The molecule has 1 aromatic heterocycles. The topological polar surface area (TPSA) is 76.2 Å². The summed E-state index contributed by atoms with van der Waals surface area (Å²) in [7, 11) is 0. The highest BCUT2D eigenvalue weighted by Crippen LogP contribution is 2.14. The molecule has 0 saturated carbocycles. The molecule has 0 aliphatic carbocycles. The van der Waals surface area contributed by atoms with Gasteiger partial charge in [0.2, 0.25) is 0 Å². The highest BCUT2D eigenvalue weighted by atomic mass is 35.5. The predicted molar refractivity (Wildman–Crippen MR) is 53.2 cm³/mol. The Hall–Kier alpha value is -1.57. The second-order valence-electron chi connectivity index (χ2n) is 2.67. The molecule has 0 amide bonds. The van der Waals surface area contributed by atoms with Gasteiger partial charge in [-0.1, -0.05) is 11.6 Å². The van der Waals surface area contributed by atoms with Crippen LogP contribution in [-0.4, -0.2) is 28.6 Å². The largest absolute Gasteiger partial charge is 0.408 e. The zero-order chi connectivity index (χ0) is 12.2. The van der Waals surface area contributed by atoms with E-state index in [0.717, 1.165) is 0 Å². The lowest BCUT2D eigenvalue weighted by Crippen LogP contribution is -2.26. The minimum absolute atomic E-state index is 0.0913. The maximum Gasteiger partial charge on any atom is 0.408 e. The third-order valence-corrected chi connectivity index (χ3v) is 1.47. The monoisotopic (exact) mass is 253 g/mol. The number of hydrogen-bond donors (Lipinski definition) is 2. The van der Waals surface area contributed by atoms with Crippen molar-refractivity contribution in [2.45, 2.75) is 6.18 Å². The van der Waals surface area contributed by atoms with E-state index in [2.05, 4.69) is 20.3 Å². The molecule has 0 aliphatic heterocycles. The number of nitrogens with zero attached hydrogens (tertiary/aromatic N) is 3. The van der Waals surface area contributed by atoms with Gasteiger partial charge in [0.1, 0.15) is 11.7 Å². The van der Waals surface area contributed by atoms with Crippen LogP contribution in [0.4, 0.5) is 19.0 Å². The number of nitrogens with one attached hydrogen (secondary N) is 1. The maximum absolute atomic E-state index is 11.8. The van der Waals surface area contributed by atoms with E-state index >= 15 is 0 Å². The van der Waals surface area contributed by atoms with Crippen molar-refractivity contribution in [3.05, 3.63) is 17.5 Å². The average Bonchev–Trinajstić information content (AvgIpc) is 2.14. The van der Waals surface area contributed by atoms with Gasteiger partial charge in [0.15, 0.2) is 11.8 Å². The number of rotatable bonds is 2. The van der Waals surface area contributed by atoms with E-state index in [4.69, 9.17) is 17.3 Å². The number of halogens is 4. The summed E-state index contributed by atoms with van der Waals surface area (Å²) >= 11 is 5.50.